The van der Waals surface area contributed by atoms with Gasteiger partial charge in [0.25, 0.3) is 0 Å². The van der Waals surface area contributed by atoms with Crippen LogP contribution in [0.4, 0.5) is 0 Å². The van der Waals surface area contributed by atoms with Crippen LogP contribution in [-0.4, -0.2) is 80.7 Å². The minimum absolute atomic E-state index is 0.0157. The number of nitrogens with two attached hydrogens (primary N) is 1. The lowest BCUT2D eigenvalue weighted by atomic mass is 10.0. The Morgan fingerprint density at radius 3 is 2.26 bits per heavy atom. The molecule has 1 aromatic heterocycles. The van der Waals surface area contributed by atoms with Crippen LogP contribution < -0.4 is 21.7 Å². The molecule has 0 aliphatic carbocycles. The molecule has 0 aliphatic rings. The highest BCUT2D eigenvalue weighted by Crippen LogP contribution is 2.19. The van der Waals surface area contributed by atoms with Crippen molar-refractivity contribution in [3.05, 3.63) is 36.0 Å². The molecule has 35 heavy (non-hydrogen) atoms. The summed E-state index contributed by atoms with van der Waals surface area (Å²) >= 11 is 0. The van der Waals surface area contributed by atoms with Gasteiger partial charge in [0.2, 0.25) is 17.7 Å². The Kier molecular flexibility index (Phi) is 9.73. The van der Waals surface area contributed by atoms with E-state index in [4.69, 9.17) is 15.9 Å². The molecule has 13 nitrogen and oxygen atoms in total. The van der Waals surface area contributed by atoms with Gasteiger partial charge in [-0.15, -0.1) is 0 Å². The molecule has 0 aliphatic heterocycles. The van der Waals surface area contributed by atoms with Crippen LogP contribution in [0.1, 0.15) is 25.3 Å². The Morgan fingerprint density at radius 2 is 1.63 bits per heavy atom. The Hall–Kier alpha value is -3.97. The molecule has 2 aromatic rings. The van der Waals surface area contributed by atoms with Crippen molar-refractivity contribution in [1.29, 1.82) is 0 Å². The van der Waals surface area contributed by atoms with Crippen molar-refractivity contribution in [2.24, 2.45) is 5.73 Å². The van der Waals surface area contributed by atoms with E-state index in [1.54, 1.807) is 12.3 Å². The number of benzene rings is 1. The van der Waals surface area contributed by atoms with Crippen LogP contribution in [0, 0.1) is 0 Å². The van der Waals surface area contributed by atoms with Crippen LogP contribution in [0.25, 0.3) is 10.9 Å². The number of amides is 3. The number of carboxylic acids is 2. The van der Waals surface area contributed by atoms with Gasteiger partial charge in [-0.05, 0) is 25.0 Å². The highest BCUT2D eigenvalue weighted by Gasteiger charge is 2.29. The zero-order chi connectivity index (χ0) is 26.1. The van der Waals surface area contributed by atoms with Crippen LogP contribution in [0.3, 0.4) is 0 Å². The number of aliphatic hydroxyl groups excluding tert-OH is 1. The van der Waals surface area contributed by atoms with Crippen molar-refractivity contribution in [1.82, 2.24) is 20.9 Å². The van der Waals surface area contributed by atoms with Crippen LogP contribution in [0.5, 0.6) is 0 Å². The number of aromatic nitrogens is 1. The molecular formula is C22H29N5O8. The third-order valence-electron chi connectivity index (χ3n) is 5.29. The van der Waals surface area contributed by atoms with E-state index in [1.807, 2.05) is 18.2 Å². The summed E-state index contributed by atoms with van der Waals surface area (Å²) in [7, 11) is 0. The number of fused-ring (bicyclic) bond motifs is 1. The molecule has 13 heteroatoms. The number of para-hydroxylation sites is 1. The summed E-state index contributed by atoms with van der Waals surface area (Å²) in [6.45, 7) is 0.501. The lowest BCUT2D eigenvalue weighted by Gasteiger charge is -2.23. The van der Waals surface area contributed by atoms with Crippen LogP contribution in [0.15, 0.2) is 30.5 Å². The van der Waals surface area contributed by atoms with Gasteiger partial charge >= 0.3 is 11.9 Å². The number of nitrogens with one attached hydrogen (secondary N) is 4. The third-order valence-corrected chi connectivity index (χ3v) is 5.29. The van der Waals surface area contributed by atoms with Gasteiger partial charge in [-0.25, -0.2) is 4.79 Å². The average molecular weight is 492 g/mol. The third kappa shape index (κ3) is 7.79. The molecule has 1 heterocycles. The molecule has 3 amide bonds. The zero-order valence-corrected chi connectivity index (χ0v) is 19.0. The molecule has 0 saturated carbocycles. The van der Waals surface area contributed by atoms with Crippen molar-refractivity contribution in [2.45, 2.75) is 50.4 Å². The molecule has 4 unspecified atom stereocenters. The fourth-order valence-electron chi connectivity index (χ4n) is 3.28. The maximum atomic E-state index is 12.8. The van der Waals surface area contributed by atoms with Gasteiger partial charge in [0, 0.05) is 29.9 Å². The van der Waals surface area contributed by atoms with E-state index >= 15 is 0 Å². The number of hydrogen-bond acceptors (Lipinski definition) is 7. The minimum atomic E-state index is -1.57. The van der Waals surface area contributed by atoms with Gasteiger partial charge in [0.1, 0.15) is 18.1 Å². The molecule has 190 valence electrons. The van der Waals surface area contributed by atoms with E-state index in [1.165, 1.54) is 6.92 Å². The number of H-pyrrole nitrogens is 1. The molecule has 0 saturated heterocycles. The largest absolute Gasteiger partial charge is 0.481 e. The van der Waals surface area contributed by atoms with Gasteiger partial charge in [-0.3, -0.25) is 19.2 Å². The first kappa shape index (κ1) is 27.3. The van der Waals surface area contributed by atoms with Crippen molar-refractivity contribution in [3.8, 4) is 0 Å². The van der Waals surface area contributed by atoms with E-state index < -0.39 is 60.4 Å². The predicted molar refractivity (Wildman–Crippen MR) is 123 cm³/mol. The fraction of sp³-hybridized carbons (Fsp3) is 0.409. The quantitative estimate of drug-likeness (QED) is 0.162. The molecule has 0 radical (unpaired) electrons. The number of aliphatic carboxylic acids is 2. The minimum Gasteiger partial charge on any atom is -0.481 e. The summed E-state index contributed by atoms with van der Waals surface area (Å²) in [5.41, 5.74) is 7.12. The van der Waals surface area contributed by atoms with E-state index in [0.717, 1.165) is 10.9 Å². The molecule has 0 fully saturated rings. The Balaban J connectivity index is 2.15. The Bertz CT molecular complexity index is 1080. The second-order valence-electron chi connectivity index (χ2n) is 7.98. The van der Waals surface area contributed by atoms with Crippen molar-refractivity contribution in [2.75, 3.05) is 6.61 Å². The summed E-state index contributed by atoms with van der Waals surface area (Å²) in [6.07, 6.45) is 1.19. The zero-order valence-electron chi connectivity index (χ0n) is 19.0. The SMILES string of the molecule is CC(NC(=O)C(N)CCC(=O)O)C(=O)NC(Cc1c[nH]c2ccccc12)C(=O)NC(CO)C(=O)O. The highest BCUT2D eigenvalue weighted by atomic mass is 16.4. The topological polar surface area (TPSA) is 224 Å². The summed E-state index contributed by atoms with van der Waals surface area (Å²) < 4.78 is 0. The monoisotopic (exact) mass is 491 g/mol. The second kappa shape index (κ2) is 12.5. The smallest absolute Gasteiger partial charge is 0.328 e. The van der Waals surface area contributed by atoms with Gasteiger partial charge in [0.15, 0.2) is 0 Å². The van der Waals surface area contributed by atoms with Crippen molar-refractivity contribution in [3.63, 3.8) is 0 Å². The van der Waals surface area contributed by atoms with E-state index in [-0.39, 0.29) is 19.3 Å². The molecule has 9 N–H and O–H groups in total. The number of hydrogen-bond donors (Lipinski definition) is 8. The fourth-order valence-corrected chi connectivity index (χ4v) is 3.28. The number of carboxylic acid groups (broad SMARTS) is 2. The summed E-state index contributed by atoms with van der Waals surface area (Å²) in [5.74, 6) is -4.90. The predicted octanol–water partition coefficient (Wildman–Crippen LogP) is -1.55. The lowest BCUT2D eigenvalue weighted by molar-refractivity contribution is -0.143. The summed E-state index contributed by atoms with van der Waals surface area (Å²) in [6, 6.07) is 2.15. The number of carbonyl (C=O) groups excluding carboxylic acids is 3. The Labute approximate surface area is 200 Å². The number of aromatic amines is 1. The number of rotatable bonds is 13. The molecule has 1 aromatic carbocycles. The Morgan fingerprint density at radius 1 is 0.971 bits per heavy atom. The summed E-state index contributed by atoms with van der Waals surface area (Å²) in [4.78, 5) is 62.7. The molecule has 0 bridgehead atoms. The van der Waals surface area contributed by atoms with Crippen LogP contribution >= 0.6 is 0 Å². The standard InChI is InChI=1S/C22H29N5O8/c1-11(25-20(32)14(23)6-7-18(29)30)19(31)26-16(21(33)27-17(10-28)22(34)35)8-12-9-24-15-5-3-2-4-13(12)15/h2-5,9,11,14,16-17,24,28H,6-8,10,23H2,1H3,(H,25,32)(H,26,31)(H,27,33)(H,29,30)(H,34,35). The van der Waals surface area contributed by atoms with Crippen LogP contribution in [0.2, 0.25) is 0 Å². The van der Waals surface area contributed by atoms with Gasteiger partial charge in [0.05, 0.1) is 12.6 Å². The molecule has 0 spiro atoms. The average Bonchev–Trinajstić information content (AvgIpc) is 3.22. The second-order valence-corrected chi connectivity index (χ2v) is 7.98. The van der Waals surface area contributed by atoms with E-state index in [2.05, 4.69) is 20.9 Å². The number of carbonyl (C=O) groups is 5. The summed E-state index contributed by atoms with van der Waals surface area (Å²) in [5, 5.41) is 34.9. The molecule has 4 atom stereocenters. The number of aliphatic hydroxyl groups is 1. The highest BCUT2D eigenvalue weighted by molar-refractivity contribution is 5.94. The molecule has 2 rings (SSSR count). The molecular weight excluding hydrogens is 462 g/mol. The van der Waals surface area contributed by atoms with Gasteiger partial charge in [-0.2, -0.15) is 0 Å². The maximum absolute atomic E-state index is 12.8. The maximum Gasteiger partial charge on any atom is 0.328 e. The van der Waals surface area contributed by atoms with Gasteiger partial charge < -0.3 is 42.0 Å². The van der Waals surface area contributed by atoms with E-state index in [0.29, 0.717) is 5.56 Å². The van der Waals surface area contributed by atoms with Crippen molar-refractivity contribution >= 4 is 40.6 Å². The van der Waals surface area contributed by atoms with E-state index in [9.17, 15) is 29.1 Å². The van der Waals surface area contributed by atoms with Gasteiger partial charge in [-0.1, -0.05) is 18.2 Å². The van der Waals surface area contributed by atoms with Crippen LogP contribution in [-0.2, 0) is 30.4 Å². The normalized spacial score (nSPS) is 14.4. The first-order valence-electron chi connectivity index (χ1n) is 10.8. The van der Waals surface area contributed by atoms with Crippen molar-refractivity contribution < 1.29 is 39.3 Å². The first-order valence-corrected chi connectivity index (χ1v) is 10.8. The first-order chi connectivity index (χ1) is 16.5. The lowest BCUT2D eigenvalue weighted by Crippen LogP contribution is -2.57.